The summed E-state index contributed by atoms with van der Waals surface area (Å²) in [4.78, 5) is 104. The number of hydrogen-bond acceptors (Lipinski definition) is 22. The Morgan fingerprint density at radius 3 is 0.796 bits per heavy atom. The number of rotatable bonds is 28. The standard InChI is InChI=1S/2C28H44N6O2.2C28H43N5O2/c1-4-6-19(2)30-28-29-17-23-24(18-34(26(23)31-28)21-8-10-22(35)11-9-21)20-12-15-33(16-13-20)27(36)25-7-5-14-32(25)3;1-4-5-19(2)30-28-29-16-24-25(18-34(26(24)31-28)22-6-8-23(35)9-7-22)20-11-14-33(15-12-20)27(36)21-10-13-32(3)17-21;2*1-3-6-19(2)30-28-29-17-24-25(18-33(26(24)31-28)22-9-11-23(34)12-10-22)20-13-15-32(16-14-20)27(35)21-7-4-5-8-21/h17-22,25,35H,4-16H2,1-3H3,(H,29,30,31);16,18-23,35H,4-15,17H2,1-3H3,(H,29,30,31);2*17-23,34H,3-16H2,1-2H3,(H,29,30,31)/t19-,21?,22?,25?;19-,21?,22?,23?;2*19-,22?,23?/m0000/s1. The van der Waals surface area contributed by atoms with Gasteiger partial charge in [-0.1, -0.05) is 79.1 Å². The minimum atomic E-state index is -0.176. The van der Waals surface area contributed by atoms with E-state index in [2.05, 4.69) is 163 Å². The van der Waals surface area contributed by atoms with Crippen molar-refractivity contribution < 1.29 is 39.6 Å². The van der Waals surface area contributed by atoms with Crippen molar-refractivity contribution in [3.8, 4) is 0 Å². The van der Waals surface area contributed by atoms with E-state index in [0.717, 1.165) is 367 Å². The smallest absolute Gasteiger partial charge is 0.239 e. The molecule has 2 unspecified atom stereocenters. The van der Waals surface area contributed by atoms with Crippen LogP contribution in [-0.4, -0.2) is 272 Å². The van der Waals surface area contributed by atoms with E-state index < -0.39 is 0 Å². The molecule has 6 saturated carbocycles. The minimum absolute atomic E-state index is 0.0690. The molecule has 8 aromatic rings. The second-order valence-corrected chi connectivity index (χ2v) is 45.6. The van der Waals surface area contributed by atoms with Crippen molar-refractivity contribution >= 4 is 91.6 Å². The molecule has 4 amide bonds. The van der Waals surface area contributed by atoms with Gasteiger partial charge in [0.1, 0.15) is 22.6 Å². The van der Waals surface area contributed by atoms with Gasteiger partial charge < -0.3 is 84.5 Å². The average Bonchev–Trinajstić information content (AvgIpc) is 1.63. The van der Waals surface area contributed by atoms with E-state index in [1.807, 2.05) is 24.8 Å². The number of amides is 4. The van der Waals surface area contributed by atoms with Crippen molar-refractivity contribution in [2.75, 3.05) is 107 Å². The second kappa shape index (κ2) is 49.2. The van der Waals surface area contributed by atoms with Gasteiger partial charge in [0.15, 0.2) is 0 Å². The van der Waals surface area contributed by atoms with Gasteiger partial charge in [0, 0.05) is 190 Å². The van der Waals surface area contributed by atoms with Crippen LogP contribution in [0, 0.1) is 17.8 Å². The summed E-state index contributed by atoms with van der Waals surface area (Å²) in [6.45, 7) is 27.2. The van der Waals surface area contributed by atoms with E-state index in [9.17, 15) is 39.6 Å². The molecule has 6 atom stereocenters. The topological polar surface area (TPSA) is 340 Å². The van der Waals surface area contributed by atoms with Crippen molar-refractivity contribution in [1.29, 1.82) is 0 Å². The predicted octanol–water partition coefficient (Wildman–Crippen LogP) is 19.3. The van der Waals surface area contributed by atoms with Crippen molar-refractivity contribution in [1.82, 2.24) is 87.5 Å². The molecule has 780 valence electrons. The number of likely N-dealkylation sites (N-methyl/N-ethyl adjacent to an activating group) is 1. The third kappa shape index (κ3) is 25.4. The fourth-order valence-corrected chi connectivity index (χ4v) is 26.5. The van der Waals surface area contributed by atoms with Crippen LogP contribution in [0.15, 0.2) is 49.6 Å². The number of aliphatic hydroxyl groups is 4. The highest BCUT2D eigenvalue weighted by Gasteiger charge is 2.41. The molecule has 0 bridgehead atoms. The molecule has 12 aliphatic rings. The molecule has 30 heteroatoms. The van der Waals surface area contributed by atoms with E-state index in [0.29, 0.717) is 119 Å². The van der Waals surface area contributed by atoms with Crippen LogP contribution in [0.25, 0.3) is 44.1 Å². The Labute approximate surface area is 844 Å². The molecule has 8 N–H and O–H groups in total. The fraction of sp³-hybridized carbons (Fsp3) is 0.750. The van der Waals surface area contributed by atoms with Gasteiger partial charge in [-0.05, 0) is 326 Å². The summed E-state index contributed by atoms with van der Waals surface area (Å²) in [5.74, 6) is 6.66. The van der Waals surface area contributed by atoms with E-state index in [1.165, 1.54) is 47.9 Å². The van der Waals surface area contributed by atoms with Crippen LogP contribution in [0.3, 0.4) is 0 Å². The van der Waals surface area contributed by atoms with Crippen LogP contribution in [0.1, 0.15) is 402 Å². The summed E-state index contributed by atoms with van der Waals surface area (Å²) in [5, 5.41) is 58.8. The number of nitrogens with zero attached hydrogens (tertiary/aromatic N) is 18. The number of carbonyl (C=O) groups is 4. The van der Waals surface area contributed by atoms with Gasteiger partial charge in [-0.15, -0.1) is 0 Å². The number of carbonyl (C=O) groups excluding carboxylic acids is 4. The van der Waals surface area contributed by atoms with Crippen LogP contribution in [0.5, 0.6) is 0 Å². The molecule has 0 aromatic carbocycles. The minimum Gasteiger partial charge on any atom is -0.393 e. The molecule has 6 saturated heterocycles. The van der Waals surface area contributed by atoms with Gasteiger partial charge in [-0.25, -0.2) is 19.9 Å². The van der Waals surface area contributed by atoms with Crippen LogP contribution < -0.4 is 21.3 Å². The quantitative estimate of drug-likeness (QED) is 0.0226. The summed E-state index contributed by atoms with van der Waals surface area (Å²) < 4.78 is 9.51. The molecule has 6 aliphatic heterocycles. The first-order valence-corrected chi connectivity index (χ1v) is 56.8. The Kier molecular flexibility index (Phi) is 36.3. The van der Waals surface area contributed by atoms with Crippen LogP contribution in [0.2, 0.25) is 0 Å². The zero-order valence-corrected chi connectivity index (χ0v) is 87.8. The number of fused-ring (bicyclic) bond motifs is 4. The maximum atomic E-state index is 13.1. The van der Waals surface area contributed by atoms with Crippen LogP contribution >= 0.6 is 0 Å². The third-order valence-electron chi connectivity index (χ3n) is 35.0. The molecular formula is C112H174N22O8. The van der Waals surface area contributed by atoms with Gasteiger partial charge >= 0.3 is 0 Å². The van der Waals surface area contributed by atoms with Gasteiger partial charge in [0.05, 0.1) is 36.4 Å². The first-order valence-electron chi connectivity index (χ1n) is 56.8. The Bertz CT molecular complexity index is 5220. The lowest BCUT2D eigenvalue weighted by Crippen LogP contribution is -2.47. The molecule has 14 heterocycles. The van der Waals surface area contributed by atoms with Crippen LogP contribution in [-0.2, 0) is 19.2 Å². The normalized spacial score (nSPS) is 26.2. The molecule has 30 nitrogen and oxygen atoms in total. The maximum Gasteiger partial charge on any atom is 0.239 e. The Morgan fingerprint density at radius 2 is 0.563 bits per heavy atom. The number of hydrogen-bond donors (Lipinski definition) is 8. The summed E-state index contributed by atoms with van der Waals surface area (Å²) >= 11 is 0. The first kappa shape index (κ1) is 105. The van der Waals surface area contributed by atoms with Crippen molar-refractivity contribution in [3.63, 3.8) is 0 Å². The lowest BCUT2D eigenvalue weighted by atomic mass is 9.89. The van der Waals surface area contributed by atoms with Gasteiger partial charge in [0.25, 0.3) is 0 Å². The lowest BCUT2D eigenvalue weighted by Gasteiger charge is -2.35. The van der Waals surface area contributed by atoms with Gasteiger partial charge in [-0.3, -0.25) is 24.1 Å². The highest BCUT2D eigenvalue weighted by molar-refractivity contribution is 5.87. The van der Waals surface area contributed by atoms with E-state index >= 15 is 0 Å². The van der Waals surface area contributed by atoms with Gasteiger partial charge in [-0.2, -0.15) is 19.9 Å². The molecule has 142 heavy (non-hydrogen) atoms. The lowest BCUT2D eigenvalue weighted by molar-refractivity contribution is -0.137. The summed E-state index contributed by atoms with van der Waals surface area (Å²) in [6.07, 6.45) is 60.4. The Hall–Kier alpha value is -8.68. The number of nitrogens with one attached hydrogen (secondary N) is 4. The molecular weight excluding hydrogens is 1780 g/mol. The maximum absolute atomic E-state index is 13.1. The number of aromatic nitrogens is 12. The fourth-order valence-electron chi connectivity index (χ4n) is 26.5. The highest BCUT2D eigenvalue weighted by Crippen LogP contribution is 2.46. The summed E-state index contributed by atoms with van der Waals surface area (Å²) in [6, 6.07) is 2.88. The number of anilines is 4. The zero-order valence-electron chi connectivity index (χ0n) is 87.8. The zero-order chi connectivity index (χ0) is 99.2. The third-order valence-corrected chi connectivity index (χ3v) is 35.0. The highest BCUT2D eigenvalue weighted by atomic mass is 16.3. The average molecular weight is 1960 g/mol. The van der Waals surface area contributed by atoms with Crippen molar-refractivity contribution in [3.05, 3.63) is 71.8 Å². The monoisotopic (exact) mass is 1960 g/mol. The van der Waals surface area contributed by atoms with Crippen molar-refractivity contribution in [2.24, 2.45) is 17.8 Å². The van der Waals surface area contributed by atoms with Crippen LogP contribution in [0.4, 0.5) is 23.8 Å². The van der Waals surface area contributed by atoms with Crippen molar-refractivity contribution in [2.45, 2.75) is 434 Å². The largest absolute Gasteiger partial charge is 0.393 e. The molecule has 0 spiro atoms. The Morgan fingerprint density at radius 1 is 0.310 bits per heavy atom. The van der Waals surface area contributed by atoms with E-state index in [4.69, 9.17) is 39.9 Å². The number of aliphatic hydroxyl groups excluding tert-OH is 4. The number of piperidine rings is 4. The summed E-state index contributed by atoms with van der Waals surface area (Å²) in [5.41, 5.74) is 9.41. The van der Waals surface area contributed by atoms with Gasteiger partial charge in [0.2, 0.25) is 47.4 Å². The number of likely N-dealkylation sites (tertiary alicyclic amines) is 6. The molecule has 12 fully saturated rings. The second-order valence-electron chi connectivity index (χ2n) is 45.6. The first-order chi connectivity index (χ1) is 68.9. The van der Waals surface area contributed by atoms with E-state index in [1.54, 1.807) is 0 Å². The SMILES string of the molecule is CCC[C@H](C)Nc1ncc2c(C3CCN(C(=O)C4CCCC4)CC3)cn(C3CCC(O)CC3)c2n1.CCC[C@H](C)Nc1ncc2c(C3CCN(C(=O)C4CCCC4)CC3)cn(C3CCC(O)CC3)c2n1.CCC[C@H](C)Nc1ncc2c(C3CCN(C(=O)C4CCCN4C)CC3)cn(C3CCC(O)CC3)c2n1.CCC[C@H](C)Nc1ncc2c(C3CCN(C(=O)C4CCN(C)C4)CC3)cn(C3CCC(O)CC3)c2n1. The molecule has 0 radical (unpaired) electrons. The molecule has 20 rings (SSSR count). The Balaban J connectivity index is 0.000000130. The predicted molar refractivity (Wildman–Crippen MR) is 566 cm³/mol. The summed E-state index contributed by atoms with van der Waals surface area (Å²) in [7, 11) is 4.18. The molecule has 8 aromatic heterocycles. The van der Waals surface area contributed by atoms with E-state index in [-0.39, 0.29) is 48.2 Å². The molecule has 6 aliphatic carbocycles.